The second-order valence-corrected chi connectivity index (χ2v) is 6.69. The van der Waals surface area contributed by atoms with Crippen LogP contribution in [0.5, 0.6) is 0 Å². The molecule has 0 bridgehead atoms. The standard InChI is InChI=1S/C17H15BrN2S/c1-12-20-17(11-21-12)13-6-4-7-15(9-13)19-10-14-5-2-3-8-16(14)18/h2-9,11,19H,10H2,1H3. The van der Waals surface area contributed by atoms with Gasteiger partial charge in [0, 0.05) is 27.6 Å². The molecule has 0 radical (unpaired) electrons. The number of hydrogen-bond donors (Lipinski definition) is 1. The molecule has 3 rings (SSSR count). The van der Waals surface area contributed by atoms with E-state index in [1.54, 1.807) is 11.3 Å². The van der Waals surface area contributed by atoms with E-state index in [4.69, 9.17) is 0 Å². The molecule has 0 amide bonds. The van der Waals surface area contributed by atoms with Gasteiger partial charge in [0.15, 0.2) is 0 Å². The number of halogens is 1. The molecule has 0 saturated heterocycles. The van der Waals surface area contributed by atoms with Gasteiger partial charge in [-0.05, 0) is 30.7 Å². The van der Waals surface area contributed by atoms with Crippen LogP contribution in [-0.2, 0) is 6.54 Å². The Morgan fingerprint density at radius 2 is 2.00 bits per heavy atom. The van der Waals surface area contributed by atoms with Gasteiger partial charge in [-0.25, -0.2) is 4.98 Å². The van der Waals surface area contributed by atoms with Crippen molar-refractivity contribution in [3.8, 4) is 11.3 Å². The molecule has 2 nitrogen and oxygen atoms in total. The Balaban J connectivity index is 1.76. The Labute approximate surface area is 137 Å². The van der Waals surface area contributed by atoms with Gasteiger partial charge >= 0.3 is 0 Å². The van der Waals surface area contributed by atoms with Gasteiger partial charge in [-0.2, -0.15) is 0 Å². The van der Waals surface area contributed by atoms with Gasteiger partial charge in [0.05, 0.1) is 10.7 Å². The lowest BCUT2D eigenvalue weighted by Gasteiger charge is -2.09. The first kappa shape index (κ1) is 14.3. The van der Waals surface area contributed by atoms with Crippen LogP contribution in [0.4, 0.5) is 5.69 Å². The summed E-state index contributed by atoms with van der Waals surface area (Å²) in [6.45, 7) is 2.82. The van der Waals surface area contributed by atoms with Crippen LogP contribution in [0.15, 0.2) is 58.4 Å². The summed E-state index contributed by atoms with van der Waals surface area (Å²) in [5.74, 6) is 0. The maximum Gasteiger partial charge on any atom is 0.0901 e. The highest BCUT2D eigenvalue weighted by Gasteiger charge is 2.03. The fraction of sp³-hybridized carbons (Fsp3) is 0.118. The number of thiazole rings is 1. The highest BCUT2D eigenvalue weighted by Crippen LogP contribution is 2.25. The van der Waals surface area contributed by atoms with E-state index in [9.17, 15) is 0 Å². The predicted molar refractivity (Wildman–Crippen MR) is 93.8 cm³/mol. The lowest BCUT2D eigenvalue weighted by molar-refractivity contribution is 1.14. The first-order valence-electron chi connectivity index (χ1n) is 6.72. The van der Waals surface area contributed by atoms with Crippen LogP contribution < -0.4 is 5.32 Å². The van der Waals surface area contributed by atoms with Gasteiger partial charge in [-0.15, -0.1) is 11.3 Å². The first-order valence-corrected chi connectivity index (χ1v) is 8.39. The molecule has 0 unspecified atom stereocenters. The lowest BCUT2D eigenvalue weighted by Crippen LogP contribution is -2.00. The van der Waals surface area contributed by atoms with Gasteiger partial charge in [0.25, 0.3) is 0 Å². The maximum atomic E-state index is 4.54. The largest absolute Gasteiger partial charge is 0.381 e. The van der Waals surface area contributed by atoms with Gasteiger partial charge in [0.1, 0.15) is 0 Å². The molecule has 2 aromatic carbocycles. The summed E-state index contributed by atoms with van der Waals surface area (Å²) in [7, 11) is 0. The van der Waals surface area contributed by atoms with E-state index in [1.807, 2.05) is 13.0 Å². The van der Waals surface area contributed by atoms with E-state index in [0.29, 0.717) is 0 Å². The first-order chi connectivity index (χ1) is 10.2. The zero-order chi connectivity index (χ0) is 14.7. The van der Waals surface area contributed by atoms with Crippen LogP contribution in [0.1, 0.15) is 10.6 Å². The summed E-state index contributed by atoms with van der Waals surface area (Å²) in [6.07, 6.45) is 0. The van der Waals surface area contributed by atoms with Crippen LogP contribution in [0.25, 0.3) is 11.3 Å². The molecule has 0 saturated carbocycles. The third kappa shape index (κ3) is 3.52. The number of aryl methyl sites for hydroxylation is 1. The molecule has 0 fully saturated rings. The fourth-order valence-electron chi connectivity index (χ4n) is 2.12. The maximum absolute atomic E-state index is 4.54. The quantitative estimate of drug-likeness (QED) is 0.666. The summed E-state index contributed by atoms with van der Waals surface area (Å²) in [5.41, 5.74) is 4.54. The summed E-state index contributed by atoms with van der Waals surface area (Å²) in [6, 6.07) is 16.6. The Morgan fingerprint density at radius 3 is 2.76 bits per heavy atom. The molecule has 1 heterocycles. The Bertz CT molecular complexity index is 752. The minimum Gasteiger partial charge on any atom is -0.381 e. The number of aromatic nitrogens is 1. The molecule has 1 N–H and O–H groups in total. The molecule has 106 valence electrons. The summed E-state index contributed by atoms with van der Waals surface area (Å²) < 4.78 is 1.13. The summed E-state index contributed by atoms with van der Waals surface area (Å²) in [4.78, 5) is 4.54. The van der Waals surface area contributed by atoms with Crippen molar-refractivity contribution in [1.29, 1.82) is 0 Å². The number of anilines is 1. The van der Waals surface area contributed by atoms with Crippen molar-refractivity contribution in [2.24, 2.45) is 0 Å². The Kier molecular flexibility index (Phi) is 4.36. The zero-order valence-electron chi connectivity index (χ0n) is 11.6. The number of nitrogens with zero attached hydrogens (tertiary/aromatic N) is 1. The van der Waals surface area contributed by atoms with E-state index in [2.05, 4.69) is 74.1 Å². The van der Waals surface area contributed by atoms with Crippen LogP contribution in [0.3, 0.4) is 0 Å². The van der Waals surface area contributed by atoms with Crippen molar-refractivity contribution in [3.05, 3.63) is 69.0 Å². The van der Waals surface area contributed by atoms with Crippen molar-refractivity contribution in [2.75, 3.05) is 5.32 Å². The number of benzene rings is 2. The highest BCUT2D eigenvalue weighted by molar-refractivity contribution is 9.10. The minimum atomic E-state index is 0.793. The Morgan fingerprint density at radius 1 is 1.14 bits per heavy atom. The molecule has 0 atom stereocenters. The fourth-order valence-corrected chi connectivity index (χ4v) is 3.17. The normalized spacial score (nSPS) is 10.6. The van der Waals surface area contributed by atoms with Crippen molar-refractivity contribution in [1.82, 2.24) is 4.98 Å². The molecule has 4 heteroatoms. The smallest absolute Gasteiger partial charge is 0.0901 e. The van der Waals surface area contributed by atoms with Crippen molar-refractivity contribution < 1.29 is 0 Å². The minimum absolute atomic E-state index is 0.793. The second kappa shape index (κ2) is 6.41. The van der Waals surface area contributed by atoms with Crippen LogP contribution in [0.2, 0.25) is 0 Å². The molecule has 0 aliphatic carbocycles. The zero-order valence-corrected chi connectivity index (χ0v) is 14.0. The monoisotopic (exact) mass is 358 g/mol. The average molecular weight is 359 g/mol. The molecule has 0 spiro atoms. The molecule has 3 aromatic rings. The third-order valence-electron chi connectivity index (χ3n) is 3.22. The van der Waals surface area contributed by atoms with Gasteiger partial charge in [0.2, 0.25) is 0 Å². The van der Waals surface area contributed by atoms with Crippen LogP contribution in [0, 0.1) is 6.92 Å². The van der Waals surface area contributed by atoms with E-state index >= 15 is 0 Å². The third-order valence-corrected chi connectivity index (χ3v) is 4.77. The summed E-state index contributed by atoms with van der Waals surface area (Å²) >= 11 is 5.25. The number of nitrogens with one attached hydrogen (secondary N) is 1. The van der Waals surface area contributed by atoms with Gasteiger partial charge in [-0.1, -0.05) is 46.3 Å². The van der Waals surface area contributed by atoms with Gasteiger partial charge < -0.3 is 5.32 Å². The SMILES string of the molecule is Cc1nc(-c2cccc(NCc3ccccc3Br)c2)cs1. The Hall–Kier alpha value is -1.65. The van der Waals surface area contributed by atoms with Crippen molar-refractivity contribution in [3.63, 3.8) is 0 Å². The number of rotatable bonds is 4. The summed E-state index contributed by atoms with van der Waals surface area (Å²) in [5, 5.41) is 6.66. The van der Waals surface area contributed by atoms with Crippen LogP contribution >= 0.6 is 27.3 Å². The molecular weight excluding hydrogens is 344 g/mol. The second-order valence-electron chi connectivity index (χ2n) is 4.78. The van der Waals surface area contributed by atoms with E-state index in [-0.39, 0.29) is 0 Å². The number of hydrogen-bond acceptors (Lipinski definition) is 3. The lowest BCUT2D eigenvalue weighted by atomic mass is 10.1. The van der Waals surface area contributed by atoms with E-state index in [0.717, 1.165) is 33.0 Å². The van der Waals surface area contributed by atoms with E-state index < -0.39 is 0 Å². The molecular formula is C17H15BrN2S. The highest BCUT2D eigenvalue weighted by atomic mass is 79.9. The molecule has 0 aliphatic heterocycles. The molecule has 1 aromatic heterocycles. The van der Waals surface area contributed by atoms with Crippen LogP contribution in [-0.4, -0.2) is 4.98 Å². The van der Waals surface area contributed by atoms with E-state index in [1.165, 1.54) is 5.56 Å². The van der Waals surface area contributed by atoms with Crippen molar-refractivity contribution in [2.45, 2.75) is 13.5 Å². The van der Waals surface area contributed by atoms with Crippen molar-refractivity contribution >= 4 is 33.0 Å². The average Bonchev–Trinajstić information content (AvgIpc) is 2.93. The molecule has 21 heavy (non-hydrogen) atoms. The van der Waals surface area contributed by atoms with Gasteiger partial charge in [-0.3, -0.25) is 0 Å². The molecule has 0 aliphatic rings. The topological polar surface area (TPSA) is 24.9 Å². The predicted octanol–water partition coefficient (Wildman–Crippen LogP) is 5.49.